The molecule has 0 bridgehead atoms. The number of quaternary nitrogens is 1. The lowest BCUT2D eigenvalue weighted by Crippen LogP contribution is -3.08. The van der Waals surface area contributed by atoms with Gasteiger partial charge in [-0.15, -0.1) is 10.2 Å². The number of anilines is 1. The van der Waals surface area contributed by atoms with E-state index in [0.717, 1.165) is 10.6 Å². The van der Waals surface area contributed by atoms with E-state index in [4.69, 9.17) is 9.15 Å². The molecule has 1 atom stereocenters. The van der Waals surface area contributed by atoms with Gasteiger partial charge in [0, 0.05) is 11.3 Å². The normalized spacial score (nSPS) is 11.8. The highest BCUT2D eigenvalue weighted by Crippen LogP contribution is 2.17. The van der Waals surface area contributed by atoms with Gasteiger partial charge in [0.25, 0.3) is 11.8 Å². The molecule has 0 aliphatic heterocycles. The highest BCUT2D eigenvalue weighted by Gasteiger charge is 2.16. The van der Waals surface area contributed by atoms with E-state index < -0.39 is 0 Å². The fraction of sp³-hybridized carbons (Fsp3) is 0.211. The Labute approximate surface area is 155 Å². The number of aromatic nitrogens is 2. The second-order valence-electron chi connectivity index (χ2n) is 6.10. The zero-order chi connectivity index (χ0) is 19.2. The van der Waals surface area contributed by atoms with Gasteiger partial charge in [0.2, 0.25) is 5.89 Å². The van der Waals surface area contributed by atoms with Gasteiger partial charge >= 0.3 is 0 Å². The van der Waals surface area contributed by atoms with Crippen LogP contribution in [0.4, 0.5) is 10.1 Å². The zero-order valence-corrected chi connectivity index (χ0v) is 15.0. The summed E-state index contributed by atoms with van der Waals surface area (Å²) in [5, 5.41) is 10.8. The molecule has 140 valence electrons. The average molecular weight is 371 g/mol. The van der Waals surface area contributed by atoms with E-state index in [1.165, 1.54) is 12.1 Å². The summed E-state index contributed by atoms with van der Waals surface area (Å²) < 4.78 is 23.7. The van der Waals surface area contributed by atoms with Crippen LogP contribution in [0.3, 0.4) is 0 Å². The van der Waals surface area contributed by atoms with E-state index in [9.17, 15) is 9.18 Å². The average Bonchev–Trinajstić information content (AvgIpc) is 3.11. The van der Waals surface area contributed by atoms with Crippen molar-refractivity contribution >= 4 is 11.6 Å². The van der Waals surface area contributed by atoms with Crippen LogP contribution >= 0.6 is 0 Å². The van der Waals surface area contributed by atoms with Crippen LogP contribution in [-0.2, 0) is 11.3 Å². The highest BCUT2D eigenvalue weighted by atomic mass is 19.1. The number of likely N-dealkylation sites (N-methyl/N-ethyl adjacent to an activating group) is 1. The summed E-state index contributed by atoms with van der Waals surface area (Å²) in [4.78, 5) is 13.0. The Bertz CT molecular complexity index is 894. The van der Waals surface area contributed by atoms with Gasteiger partial charge in [-0.05, 0) is 48.5 Å². The molecule has 3 aromatic rings. The lowest BCUT2D eigenvalue weighted by atomic mass is 10.2. The first kappa shape index (κ1) is 18.5. The van der Waals surface area contributed by atoms with Crippen molar-refractivity contribution in [1.82, 2.24) is 10.2 Å². The molecule has 1 amide bonds. The van der Waals surface area contributed by atoms with Crippen molar-refractivity contribution in [2.24, 2.45) is 0 Å². The van der Waals surface area contributed by atoms with E-state index >= 15 is 0 Å². The Kier molecular flexibility index (Phi) is 5.77. The summed E-state index contributed by atoms with van der Waals surface area (Å²) in [6.07, 6.45) is 0. The molecule has 0 saturated carbocycles. The van der Waals surface area contributed by atoms with E-state index in [0.29, 0.717) is 29.6 Å². The topological polar surface area (TPSA) is 81.7 Å². The minimum Gasteiger partial charge on any atom is -0.497 e. The first-order valence-electron chi connectivity index (χ1n) is 8.37. The maximum absolute atomic E-state index is 13.0. The molecular weight excluding hydrogens is 351 g/mol. The summed E-state index contributed by atoms with van der Waals surface area (Å²) in [5.41, 5.74) is 1.34. The van der Waals surface area contributed by atoms with Gasteiger partial charge in [0.15, 0.2) is 13.1 Å². The van der Waals surface area contributed by atoms with Gasteiger partial charge < -0.3 is 19.4 Å². The molecule has 0 spiro atoms. The Morgan fingerprint density at radius 1 is 1.15 bits per heavy atom. The molecule has 1 aromatic heterocycles. The number of hydrogen-bond acceptors (Lipinski definition) is 5. The van der Waals surface area contributed by atoms with E-state index in [1.807, 2.05) is 7.05 Å². The Morgan fingerprint density at radius 3 is 2.52 bits per heavy atom. The molecule has 1 unspecified atom stereocenters. The Morgan fingerprint density at radius 2 is 1.85 bits per heavy atom. The molecule has 2 N–H and O–H groups in total. The minimum atomic E-state index is -0.328. The van der Waals surface area contributed by atoms with Gasteiger partial charge in [-0.25, -0.2) is 4.39 Å². The number of methoxy groups -OCH3 is 1. The van der Waals surface area contributed by atoms with Crippen molar-refractivity contribution in [3.05, 3.63) is 60.2 Å². The number of nitrogens with one attached hydrogen (secondary N) is 2. The molecule has 0 aliphatic rings. The highest BCUT2D eigenvalue weighted by molar-refractivity contribution is 5.91. The predicted molar refractivity (Wildman–Crippen MR) is 96.8 cm³/mol. The zero-order valence-electron chi connectivity index (χ0n) is 15.0. The molecule has 27 heavy (non-hydrogen) atoms. The molecule has 3 rings (SSSR count). The third-order valence-corrected chi connectivity index (χ3v) is 3.85. The van der Waals surface area contributed by atoms with E-state index in [2.05, 4.69) is 15.5 Å². The van der Waals surface area contributed by atoms with E-state index in [1.54, 1.807) is 43.5 Å². The summed E-state index contributed by atoms with van der Waals surface area (Å²) in [6, 6.07) is 12.9. The molecule has 8 heteroatoms. The maximum atomic E-state index is 13.0. The SMILES string of the molecule is COc1ccc(NC(=O)C[NH+](C)Cc2nnc(-c3ccc(F)cc3)o2)cc1. The third kappa shape index (κ3) is 5.11. The first-order chi connectivity index (χ1) is 13.0. The second kappa shape index (κ2) is 8.41. The van der Waals surface area contributed by atoms with Gasteiger partial charge in [0.05, 0.1) is 14.2 Å². The van der Waals surface area contributed by atoms with Crippen LogP contribution in [-0.4, -0.2) is 36.8 Å². The number of carbonyl (C=O) groups is 1. The van der Waals surface area contributed by atoms with Crippen LogP contribution in [0.2, 0.25) is 0 Å². The van der Waals surface area contributed by atoms with Crippen LogP contribution in [0.5, 0.6) is 5.75 Å². The van der Waals surface area contributed by atoms with Gasteiger partial charge in [-0.2, -0.15) is 0 Å². The van der Waals surface area contributed by atoms with Gasteiger partial charge in [-0.1, -0.05) is 0 Å². The number of benzene rings is 2. The Hall–Kier alpha value is -3.26. The summed E-state index contributed by atoms with van der Waals surface area (Å²) in [5.74, 6) is 0.995. The number of nitrogens with zero attached hydrogens (tertiary/aromatic N) is 2. The molecule has 0 saturated heterocycles. The molecule has 1 heterocycles. The standard InChI is InChI=1S/C19H19FN4O3/c1-24(11-17(25)21-15-7-9-16(26-2)10-8-15)12-18-22-23-19(27-18)13-3-5-14(20)6-4-13/h3-10H,11-12H2,1-2H3,(H,21,25)/p+1. The number of carbonyl (C=O) groups excluding carboxylic acids is 1. The summed E-state index contributed by atoms with van der Waals surface area (Å²) in [7, 11) is 3.44. The molecular formula is C19H20FN4O3+. The monoisotopic (exact) mass is 371 g/mol. The lowest BCUT2D eigenvalue weighted by molar-refractivity contribution is -0.886. The molecule has 7 nitrogen and oxygen atoms in total. The van der Waals surface area contributed by atoms with Gasteiger partial charge in [-0.3, -0.25) is 4.79 Å². The minimum absolute atomic E-state index is 0.129. The smallest absolute Gasteiger partial charge is 0.279 e. The quantitative estimate of drug-likeness (QED) is 0.658. The van der Waals surface area contributed by atoms with Crippen molar-refractivity contribution in [2.75, 3.05) is 26.0 Å². The molecule has 0 radical (unpaired) electrons. The van der Waals surface area contributed by atoms with Crippen molar-refractivity contribution in [3.63, 3.8) is 0 Å². The molecule has 0 fully saturated rings. The molecule has 0 aliphatic carbocycles. The Balaban J connectivity index is 1.53. The van der Waals surface area contributed by atoms with E-state index in [-0.39, 0.29) is 18.3 Å². The molecule has 2 aromatic carbocycles. The van der Waals surface area contributed by atoms with Crippen LogP contribution in [0, 0.1) is 5.82 Å². The number of rotatable bonds is 7. The van der Waals surface area contributed by atoms with Crippen LogP contribution in [0.1, 0.15) is 5.89 Å². The number of amides is 1. The van der Waals surface area contributed by atoms with Gasteiger partial charge in [0.1, 0.15) is 11.6 Å². The number of hydrogen-bond donors (Lipinski definition) is 2. The van der Waals surface area contributed by atoms with Crippen LogP contribution < -0.4 is 15.0 Å². The van der Waals surface area contributed by atoms with Crippen molar-refractivity contribution in [3.8, 4) is 17.2 Å². The van der Waals surface area contributed by atoms with Crippen LogP contribution in [0.25, 0.3) is 11.5 Å². The van der Waals surface area contributed by atoms with Crippen molar-refractivity contribution < 1.29 is 23.2 Å². The third-order valence-electron chi connectivity index (χ3n) is 3.85. The predicted octanol–water partition coefficient (Wildman–Crippen LogP) is 1.54. The van der Waals surface area contributed by atoms with Crippen molar-refractivity contribution in [2.45, 2.75) is 6.54 Å². The second-order valence-corrected chi connectivity index (χ2v) is 6.10. The fourth-order valence-corrected chi connectivity index (χ4v) is 2.51. The summed E-state index contributed by atoms with van der Waals surface area (Å²) >= 11 is 0. The number of halogens is 1. The summed E-state index contributed by atoms with van der Waals surface area (Å²) in [6.45, 7) is 0.629. The first-order valence-corrected chi connectivity index (χ1v) is 8.37. The van der Waals surface area contributed by atoms with Crippen LogP contribution in [0.15, 0.2) is 52.9 Å². The lowest BCUT2D eigenvalue weighted by Gasteiger charge is -2.12. The fourth-order valence-electron chi connectivity index (χ4n) is 2.51. The van der Waals surface area contributed by atoms with Crippen molar-refractivity contribution in [1.29, 1.82) is 0 Å². The largest absolute Gasteiger partial charge is 0.497 e. The number of ether oxygens (including phenoxy) is 1. The maximum Gasteiger partial charge on any atom is 0.279 e.